The molecule has 0 spiro atoms. The van der Waals surface area contributed by atoms with Gasteiger partial charge in [0.1, 0.15) is 0 Å². The summed E-state index contributed by atoms with van der Waals surface area (Å²) >= 11 is 0. The van der Waals surface area contributed by atoms with Crippen molar-refractivity contribution in [3.05, 3.63) is 23.0 Å². The van der Waals surface area contributed by atoms with E-state index in [1.54, 1.807) is 0 Å². The maximum absolute atomic E-state index is 6.18. The standard InChI is InChI=1S/C15H22N2/c1-4-7-12(5-2)17-11(3)10-13-14(16)8-6-9-15(13)17/h2,10,12,14H,4,6-9,16H2,1,3H3. The van der Waals surface area contributed by atoms with Crippen LogP contribution in [-0.2, 0) is 6.42 Å². The summed E-state index contributed by atoms with van der Waals surface area (Å²) in [4.78, 5) is 0. The van der Waals surface area contributed by atoms with Crippen molar-refractivity contribution in [2.45, 2.75) is 58.0 Å². The molecule has 1 aliphatic carbocycles. The van der Waals surface area contributed by atoms with Gasteiger partial charge in [-0.3, -0.25) is 0 Å². The Kier molecular flexibility index (Phi) is 3.59. The first-order valence-corrected chi connectivity index (χ1v) is 6.61. The van der Waals surface area contributed by atoms with Gasteiger partial charge in [0.15, 0.2) is 0 Å². The number of nitrogens with two attached hydrogens (primary N) is 1. The molecule has 1 aliphatic rings. The van der Waals surface area contributed by atoms with E-state index in [0.29, 0.717) is 0 Å². The van der Waals surface area contributed by atoms with Crippen LogP contribution in [0.3, 0.4) is 0 Å². The van der Waals surface area contributed by atoms with E-state index in [-0.39, 0.29) is 12.1 Å². The number of fused-ring (bicyclic) bond motifs is 1. The van der Waals surface area contributed by atoms with Crippen LogP contribution in [0.2, 0.25) is 0 Å². The zero-order valence-electron chi connectivity index (χ0n) is 10.9. The van der Waals surface area contributed by atoms with Gasteiger partial charge in [-0.05, 0) is 44.2 Å². The predicted molar refractivity (Wildman–Crippen MR) is 71.8 cm³/mol. The summed E-state index contributed by atoms with van der Waals surface area (Å²) in [6.45, 7) is 4.33. The third kappa shape index (κ3) is 2.12. The van der Waals surface area contributed by atoms with Crippen LogP contribution in [0.4, 0.5) is 0 Å². The highest BCUT2D eigenvalue weighted by molar-refractivity contribution is 5.34. The quantitative estimate of drug-likeness (QED) is 0.795. The number of rotatable bonds is 3. The molecule has 0 aliphatic heterocycles. The summed E-state index contributed by atoms with van der Waals surface area (Å²) in [5.41, 5.74) is 10.2. The molecule has 2 nitrogen and oxygen atoms in total. The number of nitrogens with zero attached hydrogens (tertiary/aromatic N) is 1. The Labute approximate surface area is 104 Å². The number of hydrogen-bond donors (Lipinski definition) is 1. The topological polar surface area (TPSA) is 30.9 Å². The molecule has 92 valence electrons. The van der Waals surface area contributed by atoms with E-state index in [0.717, 1.165) is 25.7 Å². The monoisotopic (exact) mass is 230 g/mol. The van der Waals surface area contributed by atoms with Crippen LogP contribution in [0.1, 0.15) is 61.6 Å². The van der Waals surface area contributed by atoms with Crippen molar-refractivity contribution in [3.63, 3.8) is 0 Å². The Balaban J connectivity index is 2.44. The Morgan fingerprint density at radius 2 is 2.41 bits per heavy atom. The van der Waals surface area contributed by atoms with Gasteiger partial charge in [-0.25, -0.2) is 0 Å². The zero-order chi connectivity index (χ0) is 12.4. The lowest BCUT2D eigenvalue weighted by atomic mass is 9.93. The highest BCUT2D eigenvalue weighted by atomic mass is 15.0. The lowest BCUT2D eigenvalue weighted by Crippen LogP contribution is -2.20. The molecule has 0 amide bonds. The van der Waals surface area contributed by atoms with Crippen LogP contribution in [-0.4, -0.2) is 4.57 Å². The first-order valence-electron chi connectivity index (χ1n) is 6.61. The predicted octanol–water partition coefficient (Wildman–Crippen LogP) is 3.11. The molecule has 1 aromatic heterocycles. The van der Waals surface area contributed by atoms with Crippen molar-refractivity contribution in [3.8, 4) is 12.3 Å². The molecule has 1 heterocycles. The molecule has 2 N–H and O–H groups in total. The summed E-state index contributed by atoms with van der Waals surface area (Å²) in [7, 11) is 0. The van der Waals surface area contributed by atoms with Gasteiger partial charge in [0.2, 0.25) is 0 Å². The highest BCUT2D eigenvalue weighted by Gasteiger charge is 2.24. The third-order valence-electron chi connectivity index (χ3n) is 3.76. The lowest BCUT2D eigenvalue weighted by molar-refractivity contribution is 0.499. The Bertz CT molecular complexity index is 437. The molecule has 17 heavy (non-hydrogen) atoms. The lowest BCUT2D eigenvalue weighted by Gasteiger charge is -2.24. The maximum Gasteiger partial charge on any atom is 0.0943 e. The molecular weight excluding hydrogens is 208 g/mol. The number of hydrogen-bond acceptors (Lipinski definition) is 1. The number of aryl methyl sites for hydroxylation is 1. The van der Waals surface area contributed by atoms with E-state index in [2.05, 4.69) is 30.4 Å². The van der Waals surface area contributed by atoms with E-state index >= 15 is 0 Å². The summed E-state index contributed by atoms with van der Waals surface area (Å²) in [5, 5.41) is 0. The van der Waals surface area contributed by atoms with Crippen molar-refractivity contribution in [1.29, 1.82) is 0 Å². The molecule has 2 atom stereocenters. The van der Waals surface area contributed by atoms with Gasteiger partial charge in [0, 0.05) is 17.4 Å². The van der Waals surface area contributed by atoms with Crippen LogP contribution in [0.25, 0.3) is 0 Å². The van der Waals surface area contributed by atoms with Crippen molar-refractivity contribution >= 4 is 0 Å². The van der Waals surface area contributed by atoms with Crippen molar-refractivity contribution in [2.75, 3.05) is 0 Å². The molecule has 0 saturated carbocycles. The van der Waals surface area contributed by atoms with Crippen LogP contribution < -0.4 is 5.73 Å². The number of aromatic nitrogens is 1. The summed E-state index contributed by atoms with van der Waals surface area (Å²) in [6.07, 6.45) is 11.3. The smallest absolute Gasteiger partial charge is 0.0943 e. The van der Waals surface area contributed by atoms with Crippen LogP contribution in [0.5, 0.6) is 0 Å². The summed E-state index contributed by atoms with van der Waals surface area (Å²) < 4.78 is 2.35. The van der Waals surface area contributed by atoms with Crippen molar-refractivity contribution in [2.24, 2.45) is 5.73 Å². The molecule has 0 aromatic carbocycles. The van der Waals surface area contributed by atoms with Gasteiger partial charge in [0.25, 0.3) is 0 Å². The fourth-order valence-corrected chi connectivity index (χ4v) is 2.95. The Hall–Kier alpha value is -1.20. The van der Waals surface area contributed by atoms with E-state index in [1.165, 1.54) is 23.4 Å². The van der Waals surface area contributed by atoms with E-state index < -0.39 is 0 Å². The first-order chi connectivity index (χ1) is 8.19. The largest absolute Gasteiger partial charge is 0.334 e. The van der Waals surface area contributed by atoms with Gasteiger partial charge in [-0.1, -0.05) is 19.3 Å². The second kappa shape index (κ2) is 4.98. The van der Waals surface area contributed by atoms with E-state index in [1.807, 2.05) is 0 Å². The first kappa shape index (κ1) is 12.3. The van der Waals surface area contributed by atoms with Crippen LogP contribution in [0, 0.1) is 19.3 Å². The second-order valence-corrected chi connectivity index (χ2v) is 5.03. The fourth-order valence-electron chi connectivity index (χ4n) is 2.95. The van der Waals surface area contributed by atoms with Crippen LogP contribution >= 0.6 is 0 Å². The molecule has 0 saturated heterocycles. The molecule has 0 radical (unpaired) electrons. The average molecular weight is 230 g/mol. The van der Waals surface area contributed by atoms with E-state index in [9.17, 15) is 0 Å². The van der Waals surface area contributed by atoms with Gasteiger partial charge < -0.3 is 10.3 Å². The van der Waals surface area contributed by atoms with E-state index in [4.69, 9.17) is 12.2 Å². The summed E-state index contributed by atoms with van der Waals surface area (Å²) in [5.74, 6) is 2.93. The molecule has 1 aromatic rings. The molecular formula is C15H22N2. The van der Waals surface area contributed by atoms with Gasteiger partial charge in [-0.2, -0.15) is 0 Å². The molecule has 0 bridgehead atoms. The minimum absolute atomic E-state index is 0.203. The van der Waals surface area contributed by atoms with Gasteiger partial charge >= 0.3 is 0 Å². The molecule has 2 heteroatoms. The fraction of sp³-hybridized carbons (Fsp3) is 0.600. The Morgan fingerprint density at radius 3 is 3.06 bits per heavy atom. The minimum Gasteiger partial charge on any atom is -0.334 e. The second-order valence-electron chi connectivity index (χ2n) is 5.03. The third-order valence-corrected chi connectivity index (χ3v) is 3.76. The van der Waals surface area contributed by atoms with Crippen LogP contribution in [0.15, 0.2) is 6.07 Å². The Morgan fingerprint density at radius 1 is 1.65 bits per heavy atom. The molecule has 2 rings (SSSR count). The minimum atomic E-state index is 0.203. The van der Waals surface area contributed by atoms with Crippen molar-refractivity contribution < 1.29 is 0 Å². The average Bonchev–Trinajstić information content (AvgIpc) is 2.64. The number of terminal acetylenes is 1. The summed E-state index contributed by atoms with van der Waals surface area (Å²) in [6, 6.07) is 2.65. The SMILES string of the molecule is C#CC(CCC)n1c(C)cc2c1CCCC2N. The van der Waals surface area contributed by atoms with Gasteiger partial charge in [0.05, 0.1) is 6.04 Å². The molecule has 0 fully saturated rings. The maximum atomic E-state index is 6.18. The van der Waals surface area contributed by atoms with Gasteiger partial charge in [-0.15, -0.1) is 6.42 Å². The zero-order valence-corrected chi connectivity index (χ0v) is 10.9. The van der Waals surface area contributed by atoms with Crippen molar-refractivity contribution in [1.82, 2.24) is 4.57 Å². The molecule has 2 unspecified atom stereocenters. The highest BCUT2D eigenvalue weighted by Crippen LogP contribution is 2.33. The normalized spacial score (nSPS) is 20.7.